The van der Waals surface area contributed by atoms with Crippen LogP contribution in [0.5, 0.6) is 5.75 Å². The maximum absolute atomic E-state index is 12.8. The summed E-state index contributed by atoms with van der Waals surface area (Å²) in [5.74, 6) is 0.605. The number of amides is 1. The Labute approximate surface area is 151 Å². The van der Waals surface area contributed by atoms with Gasteiger partial charge in [-0.15, -0.1) is 0 Å². The van der Waals surface area contributed by atoms with E-state index in [0.29, 0.717) is 24.4 Å². The van der Waals surface area contributed by atoms with Crippen LogP contribution in [0, 0.1) is 6.92 Å². The molecule has 0 radical (unpaired) electrons. The number of rotatable bonds is 5. The van der Waals surface area contributed by atoms with Crippen LogP contribution in [0.4, 0.5) is 0 Å². The Morgan fingerprint density at radius 2 is 2.15 bits per heavy atom. The van der Waals surface area contributed by atoms with Crippen molar-refractivity contribution in [2.75, 3.05) is 6.54 Å². The molecule has 2 heterocycles. The second kappa shape index (κ2) is 6.44. The number of benzene rings is 1. The fourth-order valence-corrected chi connectivity index (χ4v) is 3.36. The van der Waals surface area contributed by atoms with Gasteiger partial charge in [0.05, 0.1) is 16.6 Å². The molecule has 3 aromatic rings. The van der Waals surface area contributed by atoms with Crippen molar-refractivity contribution in [2.24, 2.45) is 7.05 Å². The van der Waals surface area contributed by atoms with Gasteiger partial charge in [0.1, 0.15) is 5.75 Å². The molecule has 0 atom stereocenters. The molecular formula is C20H22N4O2. The summed E-state index contributed by atoms with van der Waals surface area (Å²) in [5.41, 5.74) is 4.21. The van der Waals surface area contributed by atoms with Gasteiger partial charge in [0, 0.05) is 25.2 Å². The number of aromatic nitrogens is 3. The highest BCUT2D eigenvalue weighted by Crippen LogP contribution is 2.40. The topological polar surface area (TPSA) is 80.0 Å². The van der Waals surface area contributed by atoms with Crippen molar-refractivity contribution in [1.82, 2.24) is 20.1 Å². The first-order valence-electron chi connectivity index (χ1n) is 8.93. The molecule has 0 aliphatic heterocycles. The SMILES string of the molecule is Cc1nn(C)c2nc(C3CC3)cc(C(=O)NCCc3cccc(O)c3)c12. The van der Waals surface area contributed by atoms with Gasteiger partial charge in [0.15, 0.2) is 5.65 Å². The lowest BCUT2D eigenvalue weighted by molar-refractivity contribution is 0.0955. The number of carbonyl (C=O) groups is 1. The molecule has 6 nitrogen and oxygen atoms in total. The number of phenols is 1. The summed E-state index contributed by atoms with van der Waals surface area (Å²) in [5, 5.41) is 17.8. The second-order valence-corrected chi connectivity index (χ2v) is 6.95. The first kappa shape index (κ1) is 16.6. The van der Waals surface area contributed by atoms with Crippen molar-refractivity contribution in [3.8, 4) is 5.75 Å². The van der Waals surface area contributed by atoms with Crippen LogP contribution in [0.15, 0.2) is 30.3 Å². The molecule has 2 aromatic heterocycles. The van der Waals surface area contributed by atoms with Crippen LogP contribution in [0.2, 0.25) is 0 Å². The van der Waals surface area contributed by atoms with E-state index in [1.807, 2.05) is 26.1 Å². The lowest BCUT2D eigenvalue weighted by Gasteiger charge is -2.09. The molecule has 1 amide bonds. The Morgan fingerprint density at radius 1 is 1.35 bits per heavy atom. The number of nitrogens with one attached hydrogen (secondary N) is 1. The third-order valence-electron chi connectivity index (χ3n) is 4.84. The fourth-order valence-electron chi connectivity index (χ4n) is 3.36. The highest BCUT2D eigenvalue weighted by atomic mass is 16.3. The van der Waals surface area contributed by atoms with Crippen LogP contribution < -0.4 is 5.32 Å². The van der Waals surface area contributed by atoms with Gasteiger partial charge in [-0.1, -0.05) is 12.1 Å². The maximum Gasteiger partial charge on any atom is 0.252 e. The Hall–Kier alpha value is -2.89. The van der Waals surface area contributed by atoms with E-state index in [0.717, 1.165) is 40.8 Å². The van der Waals surface area contributed by atoms with Crippen molar-refractivity contribution < 1.29 is 9.90 Å². The van der Waals surface area contributed by atoms with Gasteiger partial charge >= 0.3 is 0 Å². The monoisotopic (exact) mass is 350 g/mol. The molecule has 26 heavy (non-hydrogen) atoms. The van der Waals surface area contributed by atoms with Gasteiger partial charge in [-0.2, -0.15) is 5.10 Å². The zero-order chi connectivity index (χ0) is 18.3. The van der Waals surface area contributed by atoms with E-state index in [-0.39, 0.29) is 11.7 Å². The first-order valence-corrected chi connectivity index (χ1v) is 8.93. The number of carbonyl (C=O) groups excluding carboxylic acids is 1. The van der Waals surface area contributed by atoms with Crippen LogP contribution in [0.3, 0.4) is 0 Å². The van der Waals surface area contributed by atoms with Crippen molar-refractivity contribution in [2.45, 2.75) is 32.1 Å². The average molecular weight is 350 g/mol. The molecule has 0 spiro atoms. The summed E-state index contributed by atoms with van der Waals surface area (Å²) in [6, 6.07) is 9.03. The van der Waals surface area contributed by atoms with Crippen molar-refractivity contribution in [1.29, 1.82) is 0 Å². The first-order chi connectivity index (χ1) is 12.5. The molecule has 0 unspecified atom stereocenters. The Bertz CT molecular complexity index is 989. The lowest BCUT2D eigenvalue weighted by Crippen LogP contribution is -2.26. The molecular weight excluding hydrogens is 328 g/mol. The molecule has 1 aromatic carbocycles. The van der Waals surface area contributed by atoms with E-state index < -0.39 is 0 Å². The number of hydrogen-bond donors (Lipinski definition) is 2. The molecule has 0 bridgehead atoms. The van der Waals surface area contributed by atoms with E-state index >= 15 is 0 Å². The van der Waals surface area contributed by atoms with Crippen LogP contribution in [-0.4, -0.2) is 32.3 Å². The van der Waals surface area contributed by atoms with Crippen molar-refractivity contribution >= 4 is 16.9 Å². The maximum atomic E-state index is 12.8. The van der Waals surface area contributed by atoms with Crippen molar-refractivity contribution in [3.05, 3.63) is 52.8 Å². The van der Waals surface area contributed by atoms with Crippen LogP contribution in [0.1, 0.15) is 46.1 Å². The van der Waals surface area contributed by atoms with Gasteiger partial charge < -0.3 is 10.4 Å². The largest absolute Gasteiger partial charge is 0.508 e. The number of nitrogens with zero attached hydrogens (tertiary/aromatic N) is 3. The van der Waals surface area contributed by atoms with Crippen LogP contribution >= 0.6 is 0 Å². The summed E-state index contributed by atoms with van der Waals surface area (Å²) in [6.07, 6.45) is 2.93. The minimum Gasteiger partial charge on any atom is -0.508 e. The summed E-state index contributed by atoms with van der Waals surface area (Å²) < 4.78 is 1.75. The van der Waals surface area contributed by atoms with Gasteiger partial charge in [-0.3, -0.25) is 9.48 Å². The fraction of sp³-hybridized carbons (Fsp3) is 0.350. The molecule has 4 rings (SSSR count). The van der Waals surface area contributed by atoms with E-state index in [1.165, 1.54) is 0 Å². The Balaban J connectivity index is 1.57. The molecule has 6 heteroatoms. The number of hydrogen-bond acceptors (Lipinski definition) is 4. The minimum atomic E-state index is -0.101. The summed E-state index contributed by atoms with van der Waals surface area (Å²) >= 11 is 0. The van der Waals surface area contributed by atoms with Crippen LogP contribution in [0.25, 0.3) is 11.0 Å². The van der Waals surface area contributed by atoms with Crippen LogP contribution in [-0.2, 0) is 13.5 Å². The minimum absolute atomic E-state index is 0.101. The standard InChI is InChI=1S/C20H22N4O2/c1-12-18-16(11-17(14-6-7-14)22-19(18)24(2)23-12)20(26)21-9-8-13-4-3-5-15(25)10-13/h3-5,10-11,14,25H,6-9H2,1-2H3,(H,21,26). The van der Waals surface area contributed by atoms with E-state index in [4.69, 9.17) is 4.98 Å². The smallest absolute Gasteiger partial charge is 0.252 e. The predicted octanol–water partition coefficient (Wildman–Crippen LogP) is 2.83. The number of pyridine rings is 1. The number of fused-ring (bicyclic) bond motifs is 1. The third-order valence-corrected chi connectivity index (χ3v) is 4.84. The van der Waals surface area contributed by atoms with E-state index in [1.54, 1.807) is 22.9 Å². The second-order valence-electron chi connectivity index (χ2n) is 6.95. The Kier molecular flexibility index (Phi) is 4.11. The van der Waals surface area contributed by atoms with Crippen molar-refractivity contribution in [3.63, 3.8) is 0 Å². The Morgan fingerprint density at radius 3 is 2.88 bits per heavy atom. The zero-order valence-corrected chi connectivity index (χ0v) is 15.0. The predicted molar refractivity (Wildman–Crippen MR) is 99.4 cm³/mol. The summed E-state index contributed by atoms with van der Waals surface area (Å²) in [4.78, 5) is 17.6. The van der Waals surface area contributed by atoms with Gasteiger partial charge in [-0.25, -0.2) is 4.98 Å². The average Bonchev–Trinajstić information content (AvgIpc) is 3.41. The highest BCUT2D eigenvalue weighted by Gasteiger charge is 2.28. The number of phenolic OH excluding ortho intramolecular Hbond substituents is 1. The number of aryl methyl sites for hydroxylation is 2. The highest BCUT2D eigenvalue weighted by molar-refractivity contribution is 6.06. The molecule has 1 aliphatic carbocycles. The molecule has 1 aliphatic rings. The van der Waals surface area contributed by atoms with E-state index in [9.17, 15) is 9.90 Å². The molecule has 1 saturated carbocycles. The van der Waals surface area contributed by atoms with E-state index in [2.05, 4.69) is 10.4 Å². The van der Waals surface area contributed by atoms with Gasteiger partial charge in [-0.05, 0) is 49.9 Å². The number of aromatic hydroxyl groups is 1. The lowest BCUT2D eigenvalue weighted by atomic mass is 10.1. The summed E-state index contributed by atoms with van der Waals surface area (Å²) in [6.45, 7) is 2.41. The molecule has 0 saturated heterocycles. The van der Waals surface area contributed by atoms with Gasteiger partial charge in [0.25, 0.3) is 5.91 Å². The summed E-state index contributed by atoms with van der Waals surface area (Å²) in [7, 11) is 1.86. The normalized spacial score (nSPS) is 13.9. The molecule has 134 valence electrons. The third kappa shape index (κ3) is 3.14. The molecule has 1 fully saturated rings. The quantitative estimate of drug-likeness (QED) is 0.741. The zero-order valence-electron chi connectivity index (χ0n) is 15.0. The van der Waals surface area contributed by atoms with Gasteiger partial charge in [0.2, 0.25) is 0 Å². The molecule has 2 N–H and O–H groups in total.